The summed E-state index contributed by atoms with van der Waals surface area (Å²) in [6, 6.07) is 7.68. The molecule has 0 unspecified atom stereocenters. The highest BCUT2D eigenvalue weighted by molar-refractivity contribution is 14.1. The lowest BCUT2D eigenvalue weighted by molar-refractivity contribution is 0.184. The summed E-state index contributed by atoms with van der Waals surface area (Å²) in [5, 5.41) is 13.7. The number of pyridine rings is 1. The Morgan fingerprint density at radius 3 is 2.79 bits per heavy atom. The Balaban J connectivity index is 2.29. The quantitative estimate of drug-likeness (QED) is 0.242. The van der Waals surface area contributed by atoms with Crippen LogP contribution in [0.15, 0.2) is 23.3 Å². The standard InChI is InChI=1S/C21H21IN4O3/c1-5-7-29-20-18(22)9-15(10-19(20)28-6-2)12-24-26-21-17(11-23)16(13-27-4)8-14(3)25-21/h1,8-10,12H,6-7,13H2,2-4H3,(H,25,26)/b24-12-. The minimum atomic E-state index is 0.158. The van der Waals surface area contributed by atoms with Crippen molar-refractivity contribution in [2.45, 2.75) is 20.5 Å². The minimum absolute atomic E-state index is 0.158. The van der Waals surface area contributed by atoms with Crippen molar-refractivity contribution in [3.05, 3.63) is 44.2 Å². The van der Waals surface area contributed by atoms with Crippen LogP contribution in [-0.4, -0.2) is 31.5 Å². The highest BCUT2D eigenvalue weighted by Crippen LogP contribution is 2.34. The summed E-state index contributed by atoms with van der Waals surface area (Å²) < 4.78 is 17.3. The average Bonchev–Trinajstić information content (AvgIpc) is 2.68. The van der Waals surface area contributed by atoms with Gasteiger partial charge in [0.25, 0.3) is 0 Å². The molecule has 29 heavy (non-hydrogen) atoms. The van der Waals surface area contributed by atoms with Crippen LogP contribution in [0.1, 0.15) is 29.3 Å². The Bertz CT molecular complexity index is 977. The molecule has 0 aliphatic carbocycles. The van der Waals surface area contributed by atoms with Crippen LogP contribution in [0.25, 0.3) is 0 Å². The number of ether oxygens (including phenoxy) is 3. The average molecular weight is 504 g/mol. The number of hydrogen-bond donors (Lipinski definition) is 1. The number of methoxy groups -OCH3 is 1. The third-order valence-electron chi connectivity index (χ3n) is 3.66. The van der Waals surface area contributed by atoms with E-state index in [1.54, 1.807) is 13.3 Å². The number of aromatic nitrogens is 1. The molecule has 150 valence electrons. The maximum absolute atomic E-state index is 9.48. The molecule has 0 amide bonds. The van der Waals surface area contributed by atoms with Crippen LogP contribution in [0.4, 0.5) is 5.82 Å². The summed E-state index contributed by atoms with van der Waals surface area (Å²) in [5.74, 6) is 4.02. The van der Waals surface area contributed by atoms with Gasteiger partial charge in [-0.3, -0.25) is 5.43 Å². The highest BCUT2D eigenvalue weighted by atomic mass is 127. The smallest absolute Gasteiger partial charge is 0.175 e. The molecule has 0 radical (unpaired) electrons. The second-order valence-electron chi connectivity index (χ2n) is 5.82. The molecule has 0 fully saturated rings. The second-order valence-corrected chi connectivity index (χ2v) is 6.98. The maximum Gasteiger partial charge on any atom is 0.175 e. The predicted molar refractivity (Wildman–Crippen MR) is 120 cm³/mol. The number of benzene rings is 1. The number of nitriles is 1. The first-order valence-electron chi connectivity index (χ1n) is 8.75. The van der Waals surface area contributed by atoms with E-state index in [1.807, 2.05) is 32.0 Å². The van der Waals surface area contributed by atoms with Crippen molar-refractivity contribution >= 4 is 34.6 Å². The number of aryl methyl sites for hydroxylation is 1. The van der Waals surface area contributed by atoms with Crippen molar-refractivity contribution in [1.29, 1.82) is 5.26 Å². The lowest BCUT2D eigenvalue weighted by atomic mass is 10.1. The Morgan fingerprint density at radius 2 is 2.14 bits per heavy atom. The summed E-state index contributed by atoms with van der Waals surface area (Å²) in [7, 11) is 1.58. The molecule has 1 aromatic carbocycles. The molecular weight excluding hydrogens is 483 g/mol. The number of rotatable bonds is 9. The van der Waals surface area contributed by atoms with Gasteiger partial charge in [-0.1, -0.05) is 5.92 Å². The molecule has 2 aromatic rings. The minimum Gasteiger partial charge on any atom is -0.490 e. The first-order chi connectivity index (χ1) is 14.0. The normalized spacial score (nSPS) is 10.4. The van der Waals surface area contributed by atoms with Gasteiger partial charge in [0.1, 0.15) is 18.2 Å². The largest absolute Gasteiger partial charge is 0.490 e. The van der Waals surface area contributed by atoms with Gasteiger partial charge in [0, 0.05) is 18.4 Å². The van der Waals surface area contributed by atoms with E-state index in [0.717, 1.165) is 20.4 Å². The molecule has 0 saturated carbocycles. The molecule has 1 aromatic heterocycles. The van der Waals surface area contributed by atoms with Crippen LogP contribution in [-0.2, 0) is 11.3 Å². The first kappa shape index (κ1) is 22.5. The van der Waals surface area contributed by atoms with Crippen LogP contribution in [0.5, 0.6) is 11.5 Å². The van der Waals surface area contributed by atoms with E-state index in [1.165, 1.54) is 0 Å². The lowest BCUT2D eigenvalue weighted by Gasteiger charge is -2.13. The molecule has 0 bridgehead atoms. The molecule has 1 heterocycles. The van der Waals surface area contributed by atoms with Crippen LogP contribution >= 0.6 is 22.6 Å². The first-order valence-corrected chi connectivity index (χ1v) is 9.83. The van der Waals surface area contributed by atoms with Gasteiger partial charge >= 0.3 is 0 Å². The number of anilines is 1. The van der Waals surface area contributed by atoms with E-state index in [9.17, 15) is 5.26 Å². The molecular formula is C21H21IN4O3. The van der Waals surface area contributed by atoms with Crippen LogP contribution in [0.2, 0.25) is 0 Å². The Morgan fingerprint density at radius 1 is 1.34 bits per heavy atom. The Hall–Kier alpha value is -2.82. The zero-order valence-corrected chi connectivity index (χ0v) is 18.6. The van der Waals surface area contributed by atoms with Gasteiger partial charge in [0.2, 0.25) is 0 Å². The SMILES string of the molecule is C#CCOc1c(I)cc(/C=N\Nc2nc(C)cc(COC)c2C#N)cc1OCC. The van der Waals surface area contributed by atoms with Gasteiger partial charge in [-0.05, 0) is 60.2 Å². The number of halogens is 1. The molecule has 0 aliphatic rings. The van der Waals surface area contributed by atoms with E-state index < -0.39 is 0 Å². The van der Waals surface area contributed by atoms with E-state index in [0.29, 0.717) is 36.1 Å². The lowest BCUT2D eigenvalue weighted by Crippen LogP contribution is -2.04. The number of terminal acetylenes is 1. The summed E-state index contributed by atoms with van der Waals surface area (Å²) in [5.41, 5.74) is 5.56. The monoisotopic (exact) mass is 504 g/mol. The van der Waals surface area contributed by atoms with Gasteiger partial charge in [-0.2, -0.15) is 10.4 Å². The molecule has 0 atom stereocenters. The van der Waals surface area contributed by atoms with Crippen LogP contribution in [0.3, 0.4) is 0 Å². The van der Waals surface area contributed by atoms with Crippen molar-refractivity contribution < 1.29 is 14.2 Å². The number of nitrogens with one attached hydrogen (secondary N) is 1. The fourth-order valence-corrected chi connectivity index (χ4v) is 3.34. The summed E-state index contributed by atoms with van der Waals surface area (Å²) in [4.78, 5) is 4.36. The zero-order chi connectivity index (χ0) is 21.2. The third kappa shape index (κ3) is 6.08. The second kappa shape index (κ2) is 11.2. The Kier molecular flexibility index (Phi) is 8.71. The molecule has 0 spiro atoms. The van der Waals surface area contributed by atoms with Gasteiger partial charge in [-0.15, -0.1) is 6.42 Å². The summed E-state index contributed by atoms with van der Waals surface area (Å²) in [6.45, 7) is 4.71. The summed E-state index contributed by atoms with van der Waals surface area (Å²) in [6.07, 6.45) is 6.90. The van der Waals surface area contributed by atoms with Crippen LogP contribution in [0, 0.1) is 34.2 Å². The van der Waals surface area contributed by atoms with Gasteiger partial charge < -0.3 is 14.2 Å². The van der Waals surface area contributed by atoms with E-state index >= 15 is 0 Å². The summed E-state index contributed by atoms with van der Waals surface area (Å²) >= 11 is 2.16. The van der Waals surface area contributed by atoms with Crippen molar-refractivity contribution in [1.82, 2.24) is 4.98 Å². The third-order valence-corrected chi connectivity index (χ3v) is 4.46. The Labute approximate surface area is 184 Å². The maximum atomic E-state index is 9.48. The van der Waals surface area contributed by atoms with E-state index in [2.05, 4.69) is 50.1 Å². The predicted octanol–water partition coefficient (Wildman–Crippen LogP) is 3.87. The van der Waals surface area contributed by atoms with Gasteiger partial charge in [-0.25, -0.2) is 4.98 Å². The van der Waals surface area contributed by atoms with Crippen molar-refractivity contribution in [2.24, 2.45) is 5.10 Å². The van der Waals surface area contributed by atoms with Crippen molar-refractivity contribution in [3.63, 3.8) is 0 Å². The van der Waals surface area contributed by atoms with E-state index in [4.69, 9.17) is 20.6 Å². The number of hydrazone groups is 1. The molecule has 8 heteroatoms. The van der Waals surface area contributed by atoms with Gasteiger partial charge in [0.15, 0.2) is 17.3 Å². The topological polar surface area (TPSA) is 88.8 Å². The molecule has 7 nitrogen and oxygen atoms in total. The zero-order valence-electron chi connectivity index (χ0n) is 16.5. The highest BCUT2D eigenvalue weighted by Gasteiger charge is 2.13. The van der Waals surface area contributed by atoms with Crippen LogP contribution < -0.4 is 14.9 Å². The fourth-order valence-electron chi connectivity index (χ4n) is 2.56. The van der Waals surface area contributed by atoms with Crippen molar-refractivity contribution in [3.8, 4) is 29.9 Å². The number of hydrogen-bond acceptors (Lipinski definition) is 7. The van der Waals surface area contributed by atoms with Crippen molar-refractivity contribution in [2.75, 3.05) is 25.7 Å². The van der Waals surface area contributed by atoms with E-state index in [-0.39, 0.29) is 6.61 Å². The molecule has 1 N–H and O–H groups in total. The molecule has 0 aliphatic heterocycles. The fraction of sp³-hybridized carbons (Fsp3) is 0.286. The molecule has 2 rings (SSSR count). The van der Waals surface area contributed by atoms with Gasteiger partial charge in [0.05, 0.1) is 23.0 Å². The molecule has 0 saturated heterocycles. The number of nitrogens with zero attached hydrogens (tertiary/aromatic N) is 3.